The molecule has 5 heteroatoms. The van der Waals surface area contributed by atoms with Gasteiger partial charge in [-0.25, -0.2) is 13.2 Å². The third kappa shape index (κ3) is 2.23. The molecule has 15 heavy (non-hydrogen) atoms. The summed E-state index contributed by atoms with van der Waals surface area (Å²) in [5.41, 5.74) is -0.752. The van der Waals surface area contributed by atoms with Gasteiger partial charge < -0.3 is 0 Å². The number of hydrogen-bond acceptors (Lipinski definition) is 2. The van der Waals surface area contributed by atoms with Gasteiger partial charge in [-0.15, -0.1) is 0 Å². The van der Waals surface area contributed by atoms with Crippen LogP contribution in [0.1, 0.15) is 17.3 Å². The zero-order valence-corrected chi connectivity index (χ0v) is 7.76. The minimum Gasteiger partial charge on any atom is -0.296 e. The van der Waals surface area contributed by atoms with Gasteiger partial charge in [0.2, 0.25) is 12.0 Å². The highest BCUT2D eigenvalue weighted by Gasteiger charge is 2.27. The SMILES string of the molecule is CC(=O)C(F)C(=O)c1cccc(F)c1F. The van der Waals surface area contributed by atoms with Crippen molar-refractivity contribution in [3.05, 3.63) is 35.4 Å². The topological polar surface area (TPSA) is 34.1 Å². The minimum atomic E-state index is -2.44. The Bertz CT molecular complexity index is 415. The standard InChI is InChI=1S/C10H7F3O2/c1-5(14)8(12)10(15)6-3-2-4-7(11)9(6)13/h2-4,8H,1H3. The molecular weight excluding hydrogens is 209 g/mol. The molecule has 0 aliphatic carbocycles. The number of alkyl halides is 1. The number of hydrogen-bond donors (Lipinski definition) is 0. The second-order valence-electron chi connectivity index (χ2n) is 2.94. The fraction of sp³-hybridized carbons (Fsp3) is 0.200. The van der Waals surface area contributed by atoms with E-state index in [-0.39, 0.29) is 0 Å². The van der Waals surface area contributed by atoms with Crippen LogP contribution in [0, 0.1) is 11.6 Å². The van der Waals surface area contributed by atoms with Crippen LogP contribution in [-0.4, -0.2) is 17.7 Å². The van der Waals surface area contributed by atoms with E-state index in [1.165, 1.54) is 0 Å². The normalized spacial score (nSPS) is 12.3. The number of rotatable bonds is 3. The summed E-state index contributed by atoms with van der Waals surface area (Å²) in [7, 11) is 0. The maximum atomic E-state index is 13.0. The van der Waals surface area contributed by atoms with E-state index in [4.69, 9.17) is 0 Å². The van der Waals surface area contributed by atoms with Crippen LogP contribution in [0.3, 0.4) is 0 Å². The summed E-state index contributed by atoms with van der Waals surface area (Å²) in [6, 6.07) is 2.79. The van der Waals surface area contributed by atoms with Crippen LogP contribution in [0.4, 0.5) is 13.2 Å². The van der Waals surface area contributed by atoms with Gasteiger partial charge in [-0.2, -0.15) is 0 Å². The molecule has 80 valence electrons. The zero-order chi connectivity index (χ0) is 11.6. The molecule has 0 aliphatic heterocycles. The zero-order valence-electron chi connectivity index (χ0n) is 7.76. The Kier molecular flexibility index (Phi) is 3.24. The average Bonchev–Trinajstić information content (AvgIpc) is 2.20. The van der Waals surface area contributed by atoms with E-state index >= 15 is 0 Å². The van der Waals surface area contributed by atoms with Crippen LogP contribution < -0.4 is 0 Å². The van der Waals surface area contributed by atoms with Crippen LogP contribution in [-0.2, 0) is 4.79 Å². The molecule has 0 bridgehead atoms. The molecule has 0 spiro atoms. The van der Waals surface area contributed by atoms with E-state index in [0.29, 0.717) is 0 Å². The van der Waals surface area contributed by atoms with Crippen molar-refractivity contribution < 1.29 is 22.8 Å². The van der Waals surface area contributed by atoms with Gasteiger partial charge in [-0.05, 0) is 19.1 Å². The Balaban J connectivity index is 3.12. The monoisotopic (exact) mass is 216 g/mol. The number of halogens is 3. The highest BCUT2D eigenvalue weighted by molar-refractivity contribution is 6.12. The largest absolute Gasteiger partial charge is 0.296 e. The molecule has 0 fully saturated rings. The lowest BCUT2D eigenvalue weighted by Crippen LogP contribution is -2.24. The first kappa shape index (κ1) is 11.4. The third-order valence-corrected chi connectivity index (χ3v) is 1.80. The van der Waals surface area contributed by atoms with Crippen molar-refractivity contribution >= 4 is 11.6 Å². The smallest absolute Gasteiger partial charge is 0.220 e. The second-order valence-corrected chi connectivity index (χ2v) is 2.94. The van der Waals surface area contributed by atoms with Crippen molar-refractivity contribution in [2.75, 3.05) is 0 Å². The Hall–Kier alpha value is -1.65. The quantitative estimate of drug-likeness (QED) is 0.572. The summed E-state index contributed by atoms with van der Waals surface area (Å²) in [5, 5.41) is 0. The van der Waals surface area contributed by atoms with Gasteiger partial charge in [0.05, 0.1) is 5.56 Å². The van der Waals surface area contributed by atoms with E-state index in [0.717, 1.165) is 25.1 Å². The summed E-state index contributed by atoms with van der Waals surface area (Å²) in [4.78, 5) is 21.7. The van der Waals surface area contributed by atoms with Crippen molar-refractivity contribution in [1.29, 1.82) is 0 Å². The van der Waals surface area contributed by atoms with Crippen molar-refractivity contribution in [2.45, 2.75) is 13.1 Å². The Morgan fingerprint density at radius 1 is 1.27 bits per heavy atom. The van der Waals surface area contributed by atoms with Crippen LogP contribution in [0.15, 0.2) is 18.2 Å². The van der Waals surface area contributed by atoms with E-state index in [9.17, 15) is 22.8 Å². The fourth-order valence-corrected chi connectivity index (χ4v) is 1.02. The van der Waals surface area contributed by atoms with Gasteiger partial charge >= 0.3 is 0 Å². The van der Waals surface area contributed by atoms with Crippen LogP contribution in [0.5, 0.6) is 0 Å². The van der Waals surface area contributed by atoms with E-state index in [1.54, 1.807) is 0 Å². The lowest BCUT2D eigenvalue weighted by atomic mass is 10.0. The molecule has 0 heterocycles. The van der Waals surface area contributed by atoms with Gasteiger partial charge in [-0.1, -0.05) is 6.07 Å². The van der Waals surface area contributed by atoms with E-state index < -0.39 is 34.9 Å². The maximum absolute atomic E-state index is 13.0. The Morgan fingerprint density at radius 3 is 2.40 bits per heavy atom. The van der Waals surface area contributed by atoms with Crippen molar-refractivity contribution in [3.8, 4) is 0 Å². The number of benzene rings is 1. The summed E-state index contributed by atoms with van der Waals surface area (Å²) >= 11 is 0. The molecular formula is C10H7F3O2. The van der Waals surface area contributed by atoms with Gasteiger partial charge in [-0.3, -0.25) is 9.59 Å². The predicted octanol–water partition coefficient (Wildman–Crippen LogP) is 2.07. The third-order valence-electron chi connectivity index (χ3n) is 1.80. The summed E-state index contributed by atoms with van der Waals surface area (Å²) in [6.45, 7) is 0.861. The number of carbonyl (C=O) groups excluding carboxylic acids is 2. The molecule has 2 nitrogen and oxygen atoms in total. The Morgan fingerprint density at radius 2 is 1.87 bits per heavy atom. The van der Waals surface area contributed by atoms with Crippen molar-refractivity contribution in [1.82, 2.24) is 0 Å². The van der Waals surface area contributed by atoms with Crippen molar-refractivity contribution in [3.63, 3.8) is 0 Å². The molecule has 0 aliphatic rings. The van der Waals surface area contributed by atoms with Crippen LogP contribution in [0.2, 0.25) is 0 Å². The molecule has 0 N–H and O–H groups in total. The van der Waals surface area contributed by atoms with Gasteiger partial charge in [0.15, 0.2) is 17.4 Å². The highest BCUT2D eigenvalue weighted by atomic mass is 19.2. The molecule has 0 saturated carbocycles. The predicted molar refractivity (Wildman–Crippen MR) is 46.3 cm³/mol. The number of ketones is 2. The molecule has 0 amide bonds. The average molecular weight is 216 g/mol. The summed E-state index contributed by atoms with van der Waals surface area (Å²) in [5.74, 6) is -5.09. The first-order valence-corrected chi connectivity index (χ1v) is 4.08. The maximum Gasteiger partial charge on any atom is 0.220 e. The molecule has 1 aromatic rings. The van der Waals surface area contributed by atoms with E-state index in [2.05, 4.69) is 0 Å². The van der Waals surface area contributed by atoms with Crippen LogP contribution in [0.25, 0.3) is 0 Å². The minimum absolute atomic E-state index is 0.752. The fourth-order valence-electron chi connectivity index (χ4n) is 1.02. The second kappa shape index (κ2) is 4.25. The molecule has 1 unspecified atom stereocenters. The number of Topliss-reactive ketones (excluding diaryl/α,β-unsaturated/α-hetero) is 2. The van der Waals surface area contributed by atoms with Gasteiger partial charge in [0.1, 0.15) is 0 Å². The van der Waals surface area contributed by atoms with Crippen LogP contribution >= 0.6 is 0 Å². The Labute approximate surface area is 83.7 Å². The molecule has 1 rings (SSSR count). The van der Waals surface area contributed by atoms with Gasteiger partial charge in [0.25, 0.3) is 0 Å². The lowest BCUT2D eigenvalue weighted by Gasteiger charge is -2.04. The molecule has 0 saturated heterocycles. The summed E-state index contributed by atoms with van der Waals surface area (Å²) < 4.78 is 38.6. The lowest BCUT2D eigenvalue weighted by molar-refractivity contribution is -0.120. The number of carbonyl (C=O) groups is 2. The molecule has 0 radical (unpaired) electrons. The molecule has 1 atom stereocenters. The highest BCUT2D eigenvalue weighted by Crippen LogP contribution is 2.14. The molecule has 1 aromatic carbocycles. The first-order chi connectivity index (χ1) is 6.95. The summed E-state index contributed by atoms with van der Waals surface area (Å²) in [6.07, 6.45) is -2.44. The molecule has 0 aromatic heterocycles. The first-order valence-electron chi connectivity index (χ1n) is 4.08. The van der Waals surface area contributed by atoms with Crippen molar-refractivity contribution in [2.24, 2.45) is 0 Å². The van der Waals surface area contributed by atoms with Gasteiger partial charge in [0, 0.05) is 0 Å². The van der Waals surface area contributed by atoms with E-state index in [1.807, 2.05) is 0 Å².